The minimum absolute atomic E-state index is 0.0327. The van der Waals surface area contributed by atoms with Gasteiger partial charge in [0.15, 0.2) is 0 Å². The molecule has 0 heterocycles. The molecule has 0 aliphatic heterocycles. The molecule has 138 valence electrons. The topological polar surface area (TPSA) is 67.4 Å². The minimum Gasteiger partial charge on any atom is -0.462 e. The summed E-state index contributed by atoms with van der Waals surface area (Å²) in [5.74, 6) is -1.09. The fraction of sp³-hybridized carbons (Fsp3) is 0.222. The van der Waals surface area contributed by atoms with Crippen molar-refractivity contribution in [3.63, 3.8) is 0 Å². The highest BCUT2D eigenvalue weighted by Crippen LogP contribution is 2.30. The zero-order valence-corrected chi connectivity index (χ0v) is 13.9. The van der Waals surface area contributed by atoms with E-state index >= 15 is 0 Å². The number of para-hydroxylation sites is 1. The van der Waals surface area contributed by atoms with Crippen molar-refractivity contribution in [1.29, 1.82) is 0 Å². The van der Waals surface area contributed by atoms with Crippen molar-refractivity contribution in [3.05, 3.63) is 59.7 Å². The molecule has 2 aromatic carbocycles. The van der Waals surface area contributed by atoms with E-state index in [1.54, 1.807) is 31.2 Å². The number of carbonyl (C=O) groups is 2. The van der Waals surface area contributed by atoms with Gasteiger partial charge in [0.05, 0.1) is 24.3 Å². The monoisotopic (exact) mass is 366 g/mol. The molecule has 0 spiro atoms. The molecule has 8 heteroatoms. The van der Waals surface area contributed by atoms with E-state index in [4.69, 9.17) is 4.74 Å². The lowest BCUT2D eigenvalue weighted by molar-refractivity contribution is -0.137. The molecule has 0 aliphatic carbocycles. The van der Waals surface area contributed by atoms with Gasteiger partial charge in [0.25, 0.3) is 0 Å². The summed E-state index contributed by atoms with van der Waals surface area (Å²) in [5, 5.41) is 5.16. The van der Waals surface area contributed by atoms with Crippen LogP contribution in [-0.4, -0.2) is 25.0 Å². The van der Waals surface area contributed by atoms with Crippen LogP contribution in [0.15, 0.2) is 48.5 Å². The van der Waals surface area contributed by atoms with Crippen molar-refractivity contribution in [1.82, 2.24) is 0 Å². The fourth-order valence-corrected chi connectivity index (χ4v) is 2.18. The van der Waals surface area contributed by atoms with Crippen LogP contribution in [0.3, 0.4) is 0 Å². The number of halogens is 3. The number of nitrogens with one attached hydrogen (secondary N) is 2. The number of hydrogen-bond donors (Lipinski definition) is 2. The second-order valence-corrected chi connectivity index (χ2v) is 5.25. The first kappa shape index (κ1) is 19.3. The molecule has 0 aliphatic rings. The Balaban J connectivity index is 2.01. The van der Waals surface area contributed by atoms with Gasteiger partial charge in [-0.25, -0.2) is 4.79 Å². The number of rotatable bonds is 6. The summed E-state index contributed by atoms with van der Waals surface area (Å²) in [5.41, 5.74) is -0.160. The van der Waals surface area contributed by atoms with Gasteiger partial charge in [0.2, 0.25) is 5.91 Å². The molecule has 2 aromatic rings. The fourth-order valence-electron chi connectivity index (χ4n) is 2.18. The molecule has 26 heavy (non-hydrogen) atoms. The summed E-state index contributed by atoms with van der Waals surface area (Å²) in [6.07, 6.45) is -4.49. The molecule has 0 atom stereocenters. The van der Waals surface area contributed by atoms with Crippen LogP contribution < -0.4 is 10.6 Å². The second kappa shape index (κ2) is 8.37. The Morgan fingerprint density at radius 3 is 2.50 bits per heavy atom. The SMILES string of the molecule is CCOC(=O)c1ccccc1NCC(=O)Nc1cccc(C(F)(F)F)c1. The van der Waals surface area contributed by atoms with E-state index in [1.165, 1.54) is 12.1 Å². The van der Waals surface area contributed by atoms with Gasteiger partial charge in [0, 0.05) is 11.4 Å². The number of benzene rings is 2. The van der Waals surface area contributed by atoms with Crippen LogP contribution in [0, 0.1) is 0 Å². The maximum absolute atomic E-state index is 12.7. The number of alkyl halides is 3. The maximum atomic E-state index is 12.7. The summed E-state index contributed by atoms with van der Waals surface area (Å²) < 4.78 is 43.0. The second-order valence-electron chi connectivity index (χ2n) is 5.25. The molecule has 0 saturated carbocycles. The van der Waals surface area contributed by atoms with Crippen LogP contribution in [0.4, 0.5) is 24.5 Å². The predicted octanol–water partition coefficient (Wildman–Crippen LogP) is 3.93. The molecule has 0 unspecified atom stereocenters. The molecule has 2 rings (SSSR count). The molecule has 0 aromatic heterocycles. The number of anilines is 2. The molecule has 2 N–H and O–H groups in total. The molecular weight excluding hydrogens is 349 g/mol. The quantitative estimate of drug-likeness (QED) is 0.760. The van der Waals surface area contributed by atoms with E-state index in [-0.39, 0.29) is 24.4 Å². The van der Waals surface area contributed by atoms with Crippen LogP contribution in [0.2, 0.25) is 0 Å². The first-order valence-corrected chi connectivity index (χ1v) is 7.78. The van der Waals surface area contributed by atoms with Crippen molar-refractivity contribution in [3.8, 4) is 0 Å². The van der Waals surface area contributed by atoms with Crippen molar-refractivity contribution < 1.29 is 27.5 Å². The molecular formula is C18H17F3N2O3. The average molecular weight is 366 g/mol. The molecule has 5 nitrogen and oxygen atoms in total. The zero-order chi connectivity index (χ0) is 19.2. The lowest BCUT2D eigenvalue weighted by atomic mass is 10.1. The summed E-state index contributed by atoms with van der Waals surface area (Å²) in [6, 6.07) is 10.8. The number of carbonyl (C=O) groups excluding carboxylic acids is 2. The number of amides is 1. The van der Waals surface area contributed by atoms with Gasteiger partial charge in [-0.2, -0.15) is 13.2 Å². The van der Waals surface area contributed by atoms with Gasteiger partial charge < -0.3 is 15.4 Å². The van der Waals surface area contributed by atoms with Gasteiger partial charge >= 0.3 is 12.1 Å². The predicted molar refractivity (Wildman–Crippen MR) is 91.0 cm³/mol. The molecule has 1 amide bonds. The molecule has 0 saturated heterocycles. The van der Waals surface area contributed by atoms with E-state index in [1.807, 2.05) is 0 Å². The Labute approximate surface area is 148 Å². The lowest BCUT2D eigenvalue weighted by Gasteiger charge is -2.12. The number of esters is 1. The Morgan fingerprint density at radius 1 is 1.08 bits per heavy atom. The summed E-state index contributed by atoms with van der Waals surface area (Å²) >= 11 is 0. The van der Waals surface area contributed by atoms with E-state index in [0.29, 0.717) is 5.69 Å². The van der Waals surface area contributed by atoms with E-state index < -0.39 is 23.6 Å². The highest BCUT2D eigenvalue weighted by molar-refractivity contribution is 5.98. The van der Waals surface area contributed by atoms with Gasteiger partial charge in [-0.15, -0.1) is 0 Å². The average Bonchev–Trinajstić information content (AvgIpc) is 2.60. The first-order valence-electron chi connectivity index (χ1n) is 7.78. The van der Waals surface area contributed by atoms with Gasteiger partial charge in [0.1, 0.15) is 0 Å². The van der Waals surface area contributed by atoms with Crippen LogP contribution in [0.5, 0.6) is 0 Å². The summed E-state index contributed by atoms with van der Waals surface area (Å²) in [7, 11) is 0. The number of ether oxygens (including phenoxy) is 1. The van der Waals surface area contributed by atoms with Crippen LogP contribution in [0.25, 0.3) is 0 Å². The Morgan fingerprint density at radius 2 is 1.81 bits per heavy atom. The van der Waals surface area contributed by atoms with Crippen molar-refractivity contribution in [2.24, 2.45) is 0 Å². The Kier molecular flexibility index (Phi) is 6.21. The lowest BCUT2D eigenvalue weighted by Crippen LogP contribution is -2.23. The van der Waals surface area contributed by atoms with Crippen molar-refractivity contribution >= 4 is 23.3 Å². The normalized spacial score (nSPS) is 10.9. The molecule has 0 bridgehead atoms. The van der Waals surface area contributed by atoms with Crippen molar-refractivity contribution in [2.75, 3.05) is 23.8 Å². The number of hydrogen-bond acceptors (Lipinski definition) is 4. The molecule has 0 fully saturated rings. The maximum Gasteiger partial charge on any atom is 0.416 e. The molecule has 0 radical (unpaired) electrons. The van der Waals surface area contributed by atoms with Gasteiger partial charge in [-0.3, -0.25) is 4.79 Å². The Bertz CT molecular complexity index is 791. The van der Waals surface area contributed by atoms with E-state index in [0.717, 1.165) is 12.1 Å². The third kappa shape index (κ3) is 5.23. The Hall–Kier alpha value is -3.03. The first-order chi connectivity index (χ1) is 12.3. The summed E-state index contributed by atoms with van der Waals surface area (Å²) in [6.45, 7) is 1.66. The smallest absolute Gasteiger partial charge is 0.416 e. The zero-order valence-electron chi connectivity index (χ0n) is 13.9. The third-order valence-electron chi connectivity index (χ3n) is 3.34. The largest absolute Gasteiger partial charge is 0.462 e. The van der Waals surface area contributed by atoms with Gasteiger partial charge in [-0.1, -0.05) is 18.2 Å². The van der Waals surface area contributed by atoms with Crippen LogP contribution in [0.1, 0.15) is 22.8 Å². The third-order valence-corrected chi connectivity index (χ3v) is 3.34. The summed E-state index contributed by atoms with van der Waals surface area (Å²) in [4.78, 5) is 23.8. The van der Waals surface area contributed by atoms with E-state index in [9.17, 15) is 22.8 Å². The highest BCUT2D eigenvalue weighted by atomic mass is 19.4. The van der Waals surface area contributed by atoms with Gasteiger partial charge in [-0.05, 0) is 37.3 Å². The standard InChI is InChI=1S/C18H17F3N2O3/c1-2-26-17(25)14-8-3-4-9-15(14)22-11-16(24)23-13-7-5-6-12(10-13)18(19,20)21/h3-10,22H,2,11H2,1H3,(H,23,24). The van der Waals surface area contributed by atoms with Crippen molar-refractivity contribution in [2.45, 2.75) is 13.1 Å². The highest BCUT2D eigenvalue weighted by Gasteiger charge is 2.30. The van der Waals surface area contributed by atoms with E-state index in [2.05, 4.69) is 10.6 Å². The minimum atomic E-state index is -4.49. The van der Waals surface area contributed by atoms with Crippen LogP contribution >= 0.6 is 0 Å². The van der Waals surface area contributed by atoms with Crippen LogP contribution in [-0.2, 0) is 15.7 Å².